The van der Waals surface area contributed by atoms with Crippen LogP contribution < -0.4 is 11.5 Å². The molecule has 0 saturated carbocycles. The molecule has 1 heterocycles. The summed E-state index contributed by atoms with van der Waals surface area (Å²) in [6, 6.07) is 0. The van der Waals surface area contributed by atoms with Crippen LogP contribution in [-0.2, 0) is 0 Å². The van der Waals surface area contributed by atoms with Gasteiger partial charge in [0.15, 0.2) is 0 Å². The van der Waals surface area contributed by atoms with Crippen molar-refractivity contribution in [3.63, 3.8) is 0 Å². The summed E-state index contributed by atoms with van der Waals surface area (Å²) in [7, 11) is 0. The minimum Gasteiger partial charge on any atom is -0.383 e. The fourth-order valence-corrected chi connectivity index (χ4v) is 1.69. The lowest BCUT2D eigenvalue weighted by atomic mass is 10.1. The van der Waals surface area contributed by atoms with Crippen molar-refractivity contribution in [2.45, 2.75) is 0 Å². The Morgan fingerprint density at radius 1 is 1.58 bits per heavy atom. The Labute approximate surface area is 73.7 Å². The summed E-state index contributed by atoms with van der Waals surface area (Å²) in [5, 5.41) is 8.68. The second-order valence-corrected chi connectivity index (χ2v) is 3.11. The number of nitrogens with one attached hydrogen (secondary N) is 1. The zero-order valence-corrected chi connectivity index (χ0v) is 7.07. The van der Waals surface area contributed by atoms with Gasteiger partial charge in [-0.05, 0) is 12.5 Å². The molecule has 1 aromatic rings. The van der Waals surface area contributed by atoms with Crippen LogP contribution in [0.2, 0.25) is 0 Å². The highest BCUT2D eigenvalue weighted by Gasteiger charge is 2.12. The molecule has 0 saturated heterocycles. The van der Waals surface area contributed by atoms with Gasteiger partial charge in [-0.1, -0.05) is 0 Å². The van der Waals surface area contributed by atoms with Crippen molar-refractivity contribution >= 4 is 23.1 Å². The van der Waals surface area contributed by atoms with Gasteiger partial charge in [-0.3, -0.25) is 10.2 Å². The number of hydrogen-bond donors (Lipinski definition) is 3. The third-order valence-corrected chi connectivity index (χ3v) is 2.46. The molecule has 63 valence electrons. The Balaban J connectivity index is 3.22. The van der Waals surface area contributed by atoms with Gasteiger partial charge < -0.3 is 11.5 Å². The Hall–Kier alpha value is -1.36. The molecule has 0 unspecified atom stereocenters. The first-order valence-corrected chi connectivity index (χ1v) is 3.99. The summed E-state index contributed by atoms with van der Waals surface area (Å²) in [4.78, 5) is 11.2. The van der Waals surface area contributed by atoms with Gasteiger partial charge in [0, 0.05) is 5.38 Å². The van der Waals surface area contributed by atoms with Gasteiger partial charge in [-0.15, -0.1) is 11.3 Å². The van der Waals surface area contributed by atoms with E-state index in [0.717, 1.165) is 0 Å². The van der Waals surface area contributed by atoms with Crippen molar-refractivity contribution in [1.82, 2.24) is 0 Å². The molecular weight excluding hydrogens is 174 g/mol. The molecule has 1 amide bonds. The van der Waals surface area contributed by atoms with E-state index in [2.05, 4.69) is 6.92 Å². The maximum absolute atomic E-state index is 10.7. The van der Waals surface area contributed by atoms with E-state index in [1.807, 2.05) is 0 Å². The molecule has 0 aliphatic rings. The van der Waals surface area contributed by atoms with E-state index in [4.69, 9.17) is 16.9 Å². The zero-order chi connectivity index (χ0) is 9.30. The van der Waals surface area contributed by atoms with Crippen LogP contribution >= 0.6 is 11.3 Å². The molecule has 0 spiro atoms. The van der Waals surface area contributed by atoms with E-state index in [9.17, 15) is 4.79 Å². The highest BCUT2D eigenvalue weighted by molar-refractivity contribution is 7.12. The molecule has 1 aromatic heterocycles. The summed E-state index contributed by atoms with van der Waals surface area (Å²) < 4.78 is 0. The average molecular weight is 182 g/mol. The lowest BCUT2D eigenvalue weighted by Gasteiger charge is -1.95. The van der Waals surface area contributed by atoms with Gasteiger partial charge in [0.25, 0.3) is 0 Å². The number of carbonyl (C=O) groups excluding carboxylic acids is 1. The van der Waals surface area contributed by atoms with Gasteiger partial charge >= 0.3 is 0 Å². The molecular formula is C7H8N3OS. The van der Waals surface area contributed by atoms with Crippen LogP contribution in [0.25, 0.3) is 0 Å². The maximum atomic E-state index is 10.7. The topological polar surface area (TPSA) is 93.0 Å². The fourth-order valence-electron chi connectivity index (χ4n) is 0.815. The van der Waals surface area contributed by atoms with Gasteiger partial charge in [-0.25, -0.2) is 0 Å². The molecule has 0 aromatic carbocycles. The van der Waals surface area contributed by atoms with E-state index in [-0.39, 0.29) is 5.84 Å². The van der Waals surface area contributed by atoms with Crippen molar-refractivity contribution in [1.29, 1.82) is 5.41 Å². The Morgan fingerprint density at radius 3 is 2.42 bits per heavy atom. The molecule has 12 heavy (non-hydrogen) atoms. The maximum Gasteiger partial charge on any atom is 0.249 e. The van der Waals surface area contributed by atoms with Crippen LogP contribution in [0.4, 0.5) is 0 Å². The van der Waals surface area contributed by atoms with Crippen LogP contribution in [0.3, 0.4) is 0 Å². The van der Waals surface area contributed by atoms with Crippen molar-refractivity contribution < 1.29 is 4.79 Å². The third kappa shape index (κ3) is 1.31. The Bertz CT molecular complexity index is 311. The lowest BCUT2D eigenvalue weighted by Crippen LogP contribution is -2.14. The summed E-state index contributed by atoms with van der Waals surface area (Å²) in [5.74, 6) is -0.624. The first-order chi connectivity index (χ1) is 5.54. The minimum absolute atomic E-state index is 0.0856. The average Bonchev–Trinajstić information content (AvgIpc) is 2.30. The first kappa shape index (κ1) is 8.73. The Kier molecular flexibility index (Phi) is 2.14. The molecule has 5 heteroatoms. The third-order valence-electron chi connectivity index (χ3n) is 1.40. The number of nitrogens with two attached hydrogens (primary N) is 2. The monoisotopic (exact) mass is 182 g/mol. The normalized spacial score (nSPS) is 9.75. The molecule has 4 nitrogen and oxygen atoms in total. The number of primary amides is 1. The molecule has 1 radical (unpaired) electrons. The minimum atomic E-state index is -0.538. The van der Waals surface area contributed by atoms with E-state index >= 15 is 0 Å². The molecule has 0 aliphatic carbocycles. The predicted molar refractivity (Wildman–Crippen MR) is 48.3 cm³/mol. The van der Waals surface area contributed by atoms with Gasteiger partial charge in [0.05, 0.1) is 10.4 Å². The number of hydrogen-bond acceptors (Lipinski definition) is 3. The summed E-state index contributed by atoms with van der Waals surface area (Å²) in [6.07, 6.45) is 0. The number of amides is 1. The standard InChI is InChI=1S/C7H8N3OS/c1-3-4(7(10)11)2-12-5(3)6(8)9/h2H,1H2,(H3,8,9)(H2,10,11). The van der Waals surface area contributed by atoms with Gasteiger partial charge in [0.1, 0.15) is 5.84 Å². The number of rotatable bonds is 2. The second-order valence-electron chi connectivity index (χ2n) is 2.23. The van der Waals surface area contributed by atoms with Crippen molar-refractivity contribution in [3.8, 4) is 0 Å². The van der Waals surface area contributed by atoms with Gasteiger partial charge in [-0.2, -0.15) is 0 Å². The molecule has 0 aliphatic heterocycles. The fraction of sp³-hybridized carbons (Fsp3) is 0. The number of thiophene rings is 1. The van der Waals surface area contributed by atoms with Crippen molar-refractivity contribution in [3.05, 3.63) is 28.3 Å². The SMILES string of the molecule is [CH2]c1c(C(N)=O)csc1C(=N)N. The Morgan fingerprint density at radius 2 is 2.17 bits per heavy atom. The smallest absolute Gasteiger partial charge is 0.249 e. The number of nitrogen functional groups attached to an aromatic ring is 1. The number of carbonyl (C=O) groups is 1. The van der Waals surface area contributed by atoms with Crippen LogP contribution in [0, 0.1) is 12.3 Å². The first-order valence-electron chi connectivity index (χ1n) is 3.11. The van der Waals surface area contributed by atoms with E-state index in [0.29, 0.717) is 16.0 Å². The highest BCUT2D eigenvalue weighted by atomic mass is 32.1. The number of amidine groups is 1. The highest BCUT2D eigenvalue weighted by Crippen LogP contribution is 2.20. The lowest BCUT2D eigenvalue weighted by molar-refractivity contribution is 0.100. The predicted octanol–water partition coefficient (Wildman–Crippen LogP) is 0.313. The van der Waals surface area contributed by atoms with Crippen LogP contribution in [0.1, 0.15) is 20.8 Å². The van der Waals surface area contributed by atoms with E-state index < -0.39 is 5.91 Å². The molecule has 0 fully saturated rings. The summed E-state index contributed by atoms with van der Waals surface area (Å²) in [6.45, 7) is 3.61. The largest absolute Gasteiger partial charge is 0.383 e. The molecule has 1 rings (SSSR count). The zero-order valence-electron chi connectivity index (χ0n) is 6.26. The van der Waals surface area contributed by atoms with E-state index in [1.165, 1.54) is 11.3 Å². The molecule has 0 atom stereocenters. The molecule has 0 bridgehead atoms. The van der Waals surface area contributed by atoms with Crippen LogP contribution in [-0.4, -0.2) is 11.7 Å². The van der Waals surface area contributed by atoms with E-state index in [1.54, 1.807) is 5.38 Å². The van der Waals surface area contributed by atoms with Crippen LogP contribution in [0.5, 0.6) is 0 Å². The second kappa shape index (κ2) is 2.94. The summed E-state index contributed by atoms with van der Waals surface area (Å²) >= 11 is 1.20. The van der Waals surface area contributed by atoms with Crippen molar-refractivity contribution in [2.24, 2.45) is 11.5 Å². The van der Waals surface area contributed by atoms with Crippen LogP contribution in [0.15, 0.2) is 5.38 Å². The van der Waals surface area contributed by atoms with Gasteiger partial charge in [0.2, 0.25) is 5.91 Å². The summed E-state index contributed by atoms with van der Waals surface area (Å²) in [5.41, 5.74) is 11.1. The van der Waals surface area contributed by atoms with Crippen molar-refractivity contribution in [2.75, 3.05) is 0 Å². The quantitative estimate of drug-likeness (QED) is 0.453. The molecule has 5 N–H and O–H groups in total.